The van der Waals surface area contributed by atoms with E-state index in [1.807, 2.05) is 42.5 Å². The second-order valence-electron chi connectivity index (χ2n) is 5.89. The topological polar surface area (TPSA) is 64.8 Å². The Hall–Kier alpha value is -2.53. The van der Waals surface area contributed by atoms with Gasteiger partial charge >= 0.3 is 0 Å². The molecule has 2 N–H and O–H groups in total. The molecule has 1 amide bonds. The highest BCUT2D eigenvalue weighted by Crippen LogP contribution is 2.24. The van der Waals surface area contributed by atoms with Crippen molar-refractivity contribution in [3.63, 3.8) is 0 Å². The van der Waals surface area contributed by atoms with Crippen molar-refractivity contribution in [1.82, 2.24) is 4.90 Å². The number of primary amides is 1. The maximum atomic E-state index is 11.0. The molecule has 25 heavy (non-hydrogen) atoms. The van der Waals surface area contributed by atoms with E-state index in [1.54, 1.807) is 7.11 Å². The van der Waals surface area contributed by atoms with Crippen molar-refractivity contribution in [2.45, 2.75) is 26.4 Å². The highest BCUT2D eigenvalue weighted by atomic mass is 16.5. The first-order valence-electron chi connectivity index (χ1n) is 8.47. The number of methoxy groups -OCH3 is 1. The van der Waals surface area contributed by atoms with Gasteiger partial charge in [-0.15, -0.1) is 0 Å². The fourth-order valence-corrected chi connectivity index (χ4v) is 2.77. The molecule has 0 fully saturated rings. The maximum absolute atomic E-state index is 11.0. The fraction of sp³-hybridized carbons (Fsp3) is 0.350. The van der Waals surface area contributed by atoms with Gasteiger partial charge in [0.15, 0.2) is 6.61 Å². The lowest BCUT2D eigenvalue weighted by Gasteiger charge is -2.24. The van der Waals surface area contributed by atoms with Gasteiger partial charge in [0.2, 0.25) is 0 Å². The summed E-state index contributed by atoms with van der Waals surface area (Å²) in [6.45, 7) is 4.49. The summed E-state index contributed by atoms with van der Waals surface area (Å²) >= 11 is 0. The summed E-state index contributed by atoms with van der Waals surface area (Å²) in [6.07, 6.45) is 1.04. The predicted molar refractivity (Wildman–Crippen MR) is 98.5 cm³/mol. The molecule has 0 unspecified atom stereocenters. The Morgan fingerprint density at radius 3 is 2.12 bits per heavy atom. The molecule has 0 saturated heterocycles. The molecule has 0 aliphatic heterocycles. The summed E-state index contributed by atoms with van der Waals surface area (Å²) in [4.78, 5) is 13.3. The first-order valence-corrected chi connectivity index (χ1v) is 8.47. The van der Waals surface area contributed by atoms with E-state index in [9.17, 15) is 4.79 Å². The van der Waals surface area contributed by atoms with Gasteiger partial charge in [0.25, 0.3) is 5.91 Å². The summed E-state index contributed by atoms with van der Waals surface area (Å²) in [7, 11) is 1.69. The van der Waals surface area contributed by atoms with Gasteiger partial charge in [0.05, 0.1) is 7.11 Å². The highest BCUT2D eigenvalue weighted by molar-refractivity contribution is 5.75. The van der Waals surface area contributed by atoms with Crippen LogP contribution >= 0.6 is 0 Å². The minimum absolute atomic E-state index is 0.114. The van der Waals surface area contributed by atoms with E-state index in [4.69, 9.17) is 15.2 Å². The molecule has 0 spiro atoms. The molecule has 0 saturated carbocycles. The Morgan fingerprint density at radius 1 is 1.00 bits per heavy atom. The van der Waals surface area contributed by atoms with Crippen molar-refractivity contribution in [3.8, 4) is 11.5 Å². The number of amides is 1. The van der Waals surface area contributed by atoms with Crippen molar-refractivity contribution in [3.05, 3.63) is 59.7 Å². The smallest absolute Gasteiger partial charge is 0.255 e. The zero-order chi connectivity index (χ0) is 18.1. The normalized spacial score (nSPS) is 10.7. The van der Waals surface area contributed by atoms with Crippen molar-refractivity contribution in [1.29, 1.82) is 0 Å². The number of ether oxygens (including phenoxy) is 2. The lowest BCUT2D eigenvalue weighted by Crippen LogP contribution is -2.25. The summed E-state index contributed by atoms with van der Waals surface area (Å²) in [6, 6.07) is 15.8. The van der Waals surface area contributed by atoms with E-state index in [0.29, 0.717) is 5.75 Å². The van der Waals surface area contributed by atoms with Crippen LogP contribution in [0.1, 0.15) is 24.5 Å². The average Bonchev–Trinajstić information content (AvgIpc) is 2.61. The third kappa shape index (κ3) is 5.80. The third-order valence-electron chi connectivity index (χ3n) is 3.86. The van der Waals surface area contributed by atoms with Gasteiger partial charge < -0.3 is 15.2 Å². The Labute approximate surface area is 149 Å². The molecule has 0 aliphatic carbocycles. The second-order valence-corrected chi connectivity index (χ2v) is 5.89. The third-order valence-corrected chi connectivity index (χ3v) is 3.86. The van der Waals surface area contributed by atoms with Crippen LogP contribution in [0.25, 0.3) is 0 Å². The molecule has 2 rings (SSSR count). The minimum Gasteiger partial charge on any atom is -0.496 e. The van der Waals surface area contributed by atoms with Gasteiger partial charge in [-0.25, -0.2) is 0 Å². The molecule has 0 aromatic heterocycles. The number of carbonyl (C=O) groups is 1. The van der Waals surface area contributed by atoms with Crippen molar-refractivity contribution in [2.24, 2.45) is 5.73 Å². The SMILES string of the molecule is CCCN(Cc1ccccc1OC)Cc1ccccc1OCC(N)=O. The number of hydrogen-bond donors (Lipinski definition) is 1. The Bertz CT molecular complexity index is 688. The number of carbonyl (C=O) groups excluding carboxylic acids is 1. The van der Waals surface area contributed by atoms with Crippen LogP contribution in [0.3, 0.4) is 0 Å². The average molecular weight is 342 g/mol. The van der Waals surface area contributed by atoms with Crippen LogP contribution in [-0.4, -0.2) is 31.1 Å². The van der Waals surface area contributed by atoms with Crippen molar-refractivity contribution >= 4 is 5.91 Å². The fourth-order valence-electron chi connectivity index (χ4n) is 2.77. The lowest BCUT2D eigenvalue weighted by atomic mass is 10.1. The number of rotatable bonds is 10. The summed E-state index contributed by atoms with van der Waals surface area (Å²) in [5, 5.41) is 0. The van der Waals surface area contributed by atoms with E-state index in [0.717, 1.165) is 42.9 Å². The van der Waals surface area contributed by atoms with Crippen LogP contribution < -0.4 is 15.2 Å². The molecule has 134 valence electrons. The van der Waals surface area contributed by atoms with Crippen LogP contribution in [0.5, 0.6) is 11.5 Å². The number of hydrogen-bond acceptors (Lipinski definition) is 4. The molecule has 0 bridgehead atoms. The number of para-hydroxylation sites is 2. The zero-order valence-electron chi connectivity index (χ0n) is 14.9. The van der Waals surface area contributed by atoms with Crippen molar-refractivity contribution < 1.29 is 14.3 Å². The van der Waals surface area contributed by atoms with Gasteiger partial charge in [-0.3, -0.25) is 9.69 Å². The number of nitrogens with zero attached hydrogens (tertiary/aromatic N) is 1. The zero-order valence-corrected chi connectivity index (χ0v) is 14.9. The quantitative estimate of drug-likeness (QED) is 0.721. The standard InChI is InChI=1S/C20H26N2O3/c1-3-12-22(13-16-8-4-6-10-18(16)24-2)14-17-9-5-7-11-19(17)25-15-20(21)23/h4-11H,3,12-15H2,1-2H3,(H2,21,23). The Morgan fingerprint density at radius 2 is 1.56 bits per heavy atom. The lowest BCUT2D eigenvalue weighted by molar-refractivity contribution is -0.119. The molecular weight excluding hydrogens is 316 g/mol. The number of nitrogens with two attached hydrogens (primary N) is 1. The Kier molecular flexibility index (Phi) is 7.29. The summed E-state index contributed by atoms with van der Waals surface area (Å²) in [5.74, 6) is 1.11. The first kappa shape index (κ1) is 18.8. The molecule has 2 aromatic rings. The van der Waals surface area contributed by atoms with Gasteiger partial charge in [-0.05, 0) is 25.1 Å². The monoisotopic (exact) mass is 342 g/mol. The molecule has 5 nitrogen and oxygen atoms in total. The molecule has 2 aromatic carbocycles. The van der Waals surface area contributed by atoms with Gasteiger partial charge in [0, 0.05) is 24.2 Å². The van der Waals surface area contributed by atoms with Gasteiger partial charge in [0.1, 0.15) is 11.5 Å². The van der Waals surface area contributed by atoms with Crippen LogP contribution in [0.4, 0.5) is 0 Å². The Balaban J connectivity index is 2.15. The molecule has 0 aliphatic rings. The van der Waals surface area contributed by atoms with E-state index in [2.05, 4.69) is 17.9 Å². The largest absolute Gasteiger partial charge is 0.496 e. The van der Waals surface area contributed by atoms with Crippen LogP contribution in [-0.2, 0) is 17.9 Å². The molecule has 0 radical (unpaired) electrons. The van der Waals surface area contributed by atoms with Gasteiger partial charge in [-0.2, -0.15) is 0 Å². The van der Waals surface area contributed by atoms with Crippen LogP contribution in [0.15, 0.2) is 48.5 Å². The first-order chi connectivity index (χ1) is 12.1. The van der Waals surface area contributed by atoms with Gasteiger partial charge in [-0.1, -0.05) is 43.3 Å². The number of benzene rings is 2. The van der Waals surface area contributed by atoms with Crippen LogP contribution in [0, 0.1) is 0 Å². The molecule has 0 heterocycles. The maximum Gasteiger partial charge on any atom is 0.255 e. The van der Waals surface area contributed by atoms with Crippen molar-refractivity contribution in [2.75, 3.05) is 20.3 Å². The van der Waals surface area contributed by atoms with E-state index in [1.165, 1.54) is 0 Å². The van der Waals surface area contributed by atoms with E-state index >= 15 is 0 Å². The molecular formula is C20H26N2O3. The minimum atomic E-state index is -0.478. The summed E-state index contributed by atoms with van der Waals surface area (Å²) in [5.41, 5.74) is 7.37. The van der Waals surface area contributed by atoms with E-state index < -0.39 is 5.91 Å². The van der Waals surface area contributed by atoms with Crippen LogP contribution in [0.2, 0.25) is 0 Å². The highest BCUT2D eigenvalue weighted by Gasteiger charge is 2.13. The predicted octanol–water partition coefficient (Wildman–Crippen LogP) is 2.97. The summed E-state index contributed by atoms with van der Waals surface area (Å²) < 4.78 is 11.0. The second kappa shape index (κ2) is 9.69. The molecule has 0 atom stereocenters. The van der Waals surface area contributed by atoms with E-state index in [-0.39, 0.29) is 6.61 Å². The molecule has 5 heteroatoms.